The zero-order valence-electron chi connectivity index (χ0n) is 13.5. The fourth-order valence-corrected chi connectivity index (χ4v) is 3.09. The number of nitrogens with one attached hydrogen (secondary N) is 1. The maximum absolute atomic E-state index is 12.6. The molecule has 2 heterocycles. The number of H-pyrrole nitrogens is 1. The Bertz CT molecular complexity index is 596. The summed E-state index contributed by atoms with van der Waals surface area (Å²) < 4.78 is 0. The number of carbonyl (C=O) groups excluding carboxylic acids is 2. The highest BCUT2D eigenvalue weighted by atomic mass is 16.4. The van der Waals surface area contributed by atoms with E-state index in [2.05, 4.69) is 4.98 Å². The van der Waals surface area contributed by atoms with Gasteiger partial charge in [0.1, 0.15) is 6.54 Å². The summed E-state index contributed by atoms with van der Waals surface area (Å²) in [7, 11) is 0. The maximum Gasteiger partial charge on any atom is 0.323 e. The number of aryl methyl sites for hydroxylation is 1. The van der Waals surface area contributed by atoms with Crippen LogP contribution in [0.25, 0.3) is 0 Å². The predicted molar refractivity (Wildman–Crippen MR) is 84.1 cm³/mol. The highest BCUT2D eigenvalue weighted by Gasteiger charge is 2.28. The van der Waals surface area contributed by atoms with Gasteiger partial charge in [-0.3, -0.25) is 14.4 Å². The van der Waals surface area contributed by atoms with Crippen molar-refractivity contribution in [2.45, 2.75) is 39.2 Å². The molecule has 0 aliphatic carbocycles. The fraction of sp³-hybridized carbons (Fsp3) is 0.562. The molecule has 0 saturated carbocycles. The first kappa shape index (κ1) is 17.1. The molecule has 1 atom stereocenters. The van der Waals surface area contributed by atoms with Crippen LogP contribution in [0.4, 0.5) is 0 Å². The minimum absolute atomic E-state index is 0.0167. The predicted octanol–water partition coefficient (Wildman–Crippen LogP) is 1.25. The van der Waals surface area contributed by atoms with Gasteiger partial charge in [0.25, 0.3) is 5.91 Å². The van der Waals surface area contributed by atoms with E-state index in [0.717, 1.165) is 12.1 Å². The maximum atomic E-state index is 12.6. The number of aliphatic carboxylic acids is 1. The van der Waals surface area contributed by atoms with Gasteiger partial charge in [-0.2, -0.15) is 0 Å². The number of carboxylic acids is 1. The quantitative estimate of drug-likeness (QED) is 0.873. The lowest BCUT2D eigenvalue weighted by Gasteiger charge is -2.28. The summed E-state index contributed by atoms with van der Waals surface area (Å²) in [5.41, 5.74) is 1.50. The van der Waals surface area contributed by atoms with Gasteiger partial charge in [0, 0.05) is 37.9 Å². The second-order valence-corrected chi connectivity index (χ2v) is 5.93. The van der Waals surface area contributed by atoms with E-state index in [0.29, 0.717) is 31.5 Å². The van der Waals surface area contributed by atoms with E-state index in [4.69, 9.17) is 5.11 Å². The molecule has 7 nitrogen and oxygen atoms in total. The topological polar surface area (TPSA) is 93.7 Å². The third-order valence-electron chi connectivity index (χ3n) is 4.32. The molecule has 1 aliphatic heterocycles. The lowest BCUT2D eigenvalue weighted by atomic mass is 10.1. The van der Waals surface area contributed by atoms with Crippen LogP contribution in [-0.2, 0) is 9.59 Å². The van der Waals surface area contributed by atoms with Crippen LogP contribution >= 0.6 is 0 Å². The highest BCUT2D eigenvalue weighted by molar-refractivity contribution is 5.95. The number of likely N-dealkylation sites (tertiary alicyclic amines) is 1. The van der Waals surface area contributed by atoms with E-state index in [9.17, 15) is 14.4 Å². The molecule has 23 heavy (non-hydrogen) atoms. The molecule has 1 aliphatic rings. The molecule has 2 rings (SSSR count). The summed E-state index contributed by atoms with van der Waals surface area (Å²) in [6.07, 6.45) is 3.81. The second-order valence-electron chi connectivity index (χ2n) is 5.93. The molecular weight excluding hydrogens is 298 g/mol. The number of hydrogen-bond acceptors (Lipinski definition) is 3. The first-order valence-electron chi connectivity index (χ1n) is 7.82. The van der Waals surface area contributed by atoms with Crippen LogP contribution in [-0.4, -0.2) is 63.4 Å². The number of amides is 2. The van der Waals surface area contributed by atoms with Crippen molar-refractivity contribution in [1.29, 1.82) is 0 Å². The van der Waals surface area contributed by atoms with Crippen LogP contribution in [0.5, 0.6) is 0 Å². The normalized spacial score (nSPS) is 18.3. The van der Waals surface area contributed by atoms with Crippen molar-refractivity contribution in [2.24, 2.45) is 0 Å². The Morgan fingerprint density at radius 2 is 2.09 bits per heavy atom. The molecule has 1 unspecified atom stereocenters. The van der Waals surface area contributed by atoms with E-state index in [1.807, 2.05) is 6.92 Å². The summed E-state index contributed by atoms with van der Waals surface area (Å²) in [5.74, 6) is -1.27. The Hall–Kier alpha value is -2.31. The molecular formula is C16H23N3O4. The van der Waals surface area contributed by atoms with Gasteiger partial charge in [0.2, 0.25) is 5.91 Å². The van der Waals surface area contributed by atoms with Crippen molar-refractivity contribution in [3.05, 3.63) is 23.5 Å². The van der Waals surface area contributed by atoms with E-state index in [1.165, 1.54) is 11.8 Å². The Kier molecular flexibility index (Phi) is 5.41. The van der Waals surface area contributed by atoms with Crippen molar-refractivity contribution >= 4 is 17.8 Å². The number of nitrogens with zero attached hydrogens (tertiary/aromatic N) is 2. The third kappa shape index (κ3) is 4.12. The molecule has 1 fully saturated rings. The number of aromatic amines is 1. The average molecular weight is 321 g/mol. The molecule has 0 aromatic carbocycles. The van der Waals surface area contributed by atoms with Gasteiger partial charge in [-0.15, -0.1) is 0 Å². The van der Waals surface area contributed by atoms with Crippen molar-refractivity contribution in [1.82, 2.24) is 14.8 Å². The van der Waals surface area contributed by atoms with Crippen molar-refractivity contribution < 1.29 is 19.5 Å². The molecule has 0 bridgehead atoms. The first-order valence-corrected chi connectivity index (χ1v) is 7.82. The monoisotopic (exact) mass is 321 g/mol. The number of aromatic nitrogens is 1. The van der Waals surface area contributed by atoms with Gasteiger partial charge in [0.05, 0.1) is 5.56 Å². The fourth-order valence-electron chi connectivity index (χ4n) is 3.09. The molecule has 0 spiro atoms. The minimum Gasteiger partial charge on any atom is -0.480 e. The Morgan fingerprint density at radius 1 is 1.35 bits per heavy atom. The smallest absolute Gasteiger partial charge is 0.323 e. The van der Waals surface area contributed by atoms with Crippen molar-refractivity contribution in [2.75, 3.05) is 19.6 Å². The van der Waals surface area contributed by atoms with Crippen LogP contribution in [0.1, 0.15) is 42.2 Å². The standard InChI is InChI=1S/C16H23N3O4/c1-11-14(5-7-17-11)16(23)18-8-3-4-13(6-9-18)19(12(2)20)10-15(21)22/h5,7,13,17H,3-4,6,8-10H2,1-2H3,(H,21,22). The molecule has 1 aromatic rings. The van der Waals surface area contributed by atoms with Gasteiger partial charge in [0.15, 0.2) is 0 Å². The van der Waals surface area contributed by atoms with E-state index in [1.54, 1.807) is 17.2 Å². The van der Waals surface area contributed by atoms with Crippen LogP contribution in [0.2, 0.25) is 0 Å². The third-order valence-corrected chi connectivity index (χ3v) is 4.32. The number of carboxylic acid groups (broad SMARTS) is 1. The van der Waals surface area contributed by atoms with Gasteiger partial charge in [-0.1, -0.05) is 0 Å². The van der Waals surface area contributed by atoms with E-state index < -0.39 is 5.97 Å². The number of rotatable bonds is 4. The molecule has 126 valence electrons. The first-order chi connectivity index (χ1) is 10.9. The van der Waals surface area contributed by atoms with Crippen molar-refractivity contribution in [3.8, 4) is 0 Å². The Labute approximate surface area is 135 Å². The van der Waals surface area contributed by atoms with Crippen molar-refractivity contribution in [3.63, 3.8) is 0 Å². The van der Waals surface area contributed by atoms with Crippen LogP contribution < -0.4 is 0 Å². The Morgan fingerprint density at radius 3 is 2.65 bits per heavy atom. The molecule has 1 aromatic heterocycles. The zero-order valence-corrected chi connectivity index (χ0v) is 13.5. The lowest BCUT2D eigenvalue weighted by molar-refractivity contribution is -0.145. The van der Waals surface area contributed by atoms with Gasteiger partial charge in [-0.05, 0) is 32.3 Å². The highest BCUT2D eigenvalue weighted by Crippen LogP contribution is 2.19. The molecule has 2 amide bonds. The van der Waals surface area contributed by atoms with Gasteiger partial charge < -0.3 is 19.9 Å². The molecule has 2 N–H and O–H groups in total. The largest absolute Gasteiger partial charge is 0.480 e. The minimum atomic E-state index is -1.01. The van der Waals surface area contributed by atoms with E-state index in [-0.39, 0.29) is 24.4 Å². The van der Waals surface area contributed by atoms with E-state index >= 15 is 0 Å². The van der Waals surface area contributed by atoms with Crippen LogP contribution in [0.15, 0.2) is 12.3 Å². The average Bonchev–Trinajstić information content (AvgIpc) is 2.77. The SMILES string of the molecule is CC(=O)N(CC(=O)O)C1CCCN(C(=O)c2cc[nH]c2C)CC1. The molecule has 0 radical (unpaired) electrons. The Balaban J connectivity index is 2.04. The number of hydrogen-bond donors (Lipinski definition) is 2. The lowest BCUT2D eigenvalue weighted by Crippen LogP contribution is -2.43. The second kappa shape index (κ2) is 7.30. The van der Waals surface area contributed by atoms with Gasteiger partial charge in [-0.25, -0.2) is 0 Å². The van der Waals surface area contributed by atoms with Gasteiger partial charge >= 0.3 is 5.97 Å². The number of carbonyl (C=O) groups is 3. The summed E-state index contributed by atoms with van der Waals surface area (Å²) in [6, 6.07) is 1.64. The van der Waals surface area contributed by atoms with Crippen LogP contribution in [0, 0.1) is 6.92 Å². The van der Waals surface area contributed by atoms with Crippen LogP contribution in [0.3, 0.4) is 0 Å². The molecule has 1 saturated heterocycles. The zero-order chi connectivity index (χ0) is 17.0. The molecule has 7 heteroatoms. The summed E-state index contributed by atoms with van der Waals surface area (Å²) in [6.45, 7) is 4.11. The summed E-state index contributed by atoms with van der Waals surface area (Å²) in [5, 5.41) is 8.97. The summed E-state index contributed by atoms with van der Waals surface area (Å²) in [4.78, 5) is 41.4. The summed E-state index contributed by atoms with van der Waals surface area (Å²) >= 11 is 0.